The van der Waals surface area contributed by atoms with Gasteiger partial charge in [-0.25, -0.2) is 0 Å². The first kappa shape index (κ1) is 26.2. The van der Waals surface area contributed by atoms with Crippen molar-refractivity contribution in [3.05, 3.63) is 155 Å². The Bertz CT molecular complexity index is 2200. The van der Waals surface area contributed by atoms with Crippen molar-refractivity contribution in [2.45, 2.75) is 0 Å². The lowest BCUT2D eigenvalue weighted by Gasteiger charge is -1.97. The maximum Gasteiger partial charge on any atom is 0.151 e. The Morgan fingerprint density at radius 3 is 1.14 bits per heavy atom. The van der Waals surface area contributed by atoms with Crippen LogP contribution in [0.3, 0.4) is 0 Å². The summed E-state index contributed by atoms with van der Waals surface area (Å²) in [4.78, 5) is 0. The van der Waals surface area contributed by atoms with Gasteiger partial charge in [-0.3, -0.25) is 0 Å². The molecule has 0 amide bonds. The molecule has 7 rings (SSSR count). The number of hydrogen-bond donors (Lipinski definition) is 0. The lowest BCUT2D eigenvalue weighted by molar-refractivity contribution is 0.627. The van der Waals surface area contributed by atoms with Gasteiger partial charge < -0.3 is 8.83 Å². The maximum absolute atomic E-state index is 9.15. The quantitative estimate of drug-likeness (QED) is 0.198. The van der Waals surface area contributed by atoms with Crippen LogP contribution in [0.25, 0.3) is 44.6 Å². The van der Waals surface area contributed by atoms with Crippen molar-refractivity contribution in [1.29, 1.82) is 10.5 Å². The SMILES string of the molecule is N#Cc1ccc(C#Cc2c(-c3ccccc3)oc3cc4c(C#Cc5ccc(C#N)cc5)c(-c5ccccc5)oc4cc23)cc1. The Morgan fingerprint density at radius 1 is 0.409 bits per heavy atom. The number of hydrogen-bond acceptors (Lipinski definition) is 4. The average Bonchev–Trinajstić information content (AvgIpc) is 3.63. The molecular weight excluding hydrogens is 540 g/mol. The molecule has 4 heteroatoms. The van der Waals surface area contributed by atoms with E-state index in [-0.39, 0.29) is 0 Å². The van der Waals surface area contributed by atoms with E-state index in [0.29, 0.717) is 33.8 Å². The molecule has 0 bridgehead atoms. The molecule has 7 aromatic rings. The fourth-order valence-corrected chi connectivity index (χ4v) is 5.05. The van der Waals surface area contributed by atoms with Gasteiger partial charge in [0.1, 0.15) is 11.2 Å². The summed E-state index contributed by atoms with van der Waals surface area (Å²) < 4.78 is 13.0. The van der Waals surface area contributed by atoms with Crippen molar-refractivity contribution in [2.75, 3.05) is 0 Å². The lowest BCUT2D eigenvalue weighted by atomic mass is 10.0. The zero-order valence-corrected chi connectivity index (χ0v) is 23.3. The summed E-state index contributed by atoms with van der Waals surface area (Å²) in [5, 5.41) is 20.0. The number of furan rings is 2. The second kappa shape index (κ2) is 11.3. The van der Waals surface area contributed by atoms with Crippen LogP contribution in [0.2, 0.25) is 0 Å². The Labute approximate surface area is 254 Å². The highest BCUT2D eigenvalue weighted by Gasteiger charge is 2.20. The zero-order valence-electron chi connectivity index (χ0n) is 23.3. The molecule has 0 radical (unpaired) electrons. The van der Waals surface area contributed by atoms with E-state index in [1.54, 1.807) is 24.3 Å². The van der Waals surface area contributed by atoms with E-state index in [9.17, 15) is 0 Å². The van der Waals surface area contributed by atoms with E-state index in [4.69, 9.17) is 19.4 Å². The first-order valence-corrected chi connectivity index (χ1v) is 13.9. The Hall–Kier alpha value is -6.72. The highest BCUT2D eigenvalue weighted by molar-refractivity contribution is 6.03. The highest BCUT2D eigenvalue weighted by Crippen LogP contribution is 2.40. The summed E-state index contributed by atoms with van der Waals surface area (Å²) in [6.45, 7) is 0. The Morgan fingerprint density at radius 2 is 0.773 bits per heavy atom. The lowest BCUT2D eigenvalue weighted by Crippen LogP contribution is -1.81. The molecule has 2 aromatic heterocycles. The van der Waals surface area contributed by atoms with Crippen LogP contribution < -0.4 is 0 Å². The molecule has 0 saturated carbocycles. The summed E-state index contributed by atoms with van der Waals surface area (Å²) in [7, 11) is 0. The third kappa shape index (κ3) is 4.98. The van der Waals surface area contributed by atoms with Crippen molar-refractivity contribution in [2.24, 2.45) is 0 Å². The third-order valence-electron chi connectivity index (χ3n) is 7.26. The Kier molecular flexibility index (Phi) is 6.71. The smallest absolute Gasteiger partial charge is 0.151 e. The zero-order chi connectivity index (χ0) is 29.9. The molecule has 0 aliphatic rings. The van der Waals surface area contributed by atoms with Gasteiger partial charge in [0.05, 0.1) is 34.4 Å². The molecule has 5 aromatic carbocycles. The van der Waals surface area contributed by atoms with Gasteiger partial charge in [-0.2, -0.15) is 10.5 Å². The number of benzene rings is 5. The topological polar surface area (TPSA) is 73.9 Å². The average molecular weight is 561 g/mol. The van der Waals surface area contributed by atoms with Crippen LogP contribution in [-0.2, 0) is 0 Å². The van der Waals surface area contributed by atoms with Gasteiger partial charge in [0.15, 0.2) is 11.5 Å². The molecule has 0 spiro atoms. The first-order chi connectivity index (χ1) is 21.7. The second-order valence-corrected chi connectivity index (χ2v) is 10.1. The van der Waals surface area contributed by atoms with Crippen molar-refractivity contribution in [3.63, 3.8) is 0 Å². The predicted octanol–water partition coefficient (Wildman–Crippen LogP) is 9.06. The number of nitrogens with zero attached hydrogens (tertiary/aromatic N) is 2. The van der Waals surface area contributed by atoms with Gasteiger partial charge in [0.2, 0.25) is 0 Å². The summed E-state index contributed by atoms with van der Waals surface area (Å²) in [5.41, 5.74) is 7.42. The van der Waals surface area contributed by atoms with Gasteiger partial charge in [0, 0.05) is 33.0 Å². The van der Waals surface area contributed by atoms with Crippen molar-refractivity contribution < 1.29 is 8.83 Å². The molecular formula is C40H20N2O2. The molecule has 0 saturated heterocycles. The van der Waals surface area contributed by atoms with Gasteiger partial charge in [0.25, 0.3) is 0 Å². The monoisotopic (exact) mass is 560 g/mol. The normalized spacial score (nSPS) is 10.3. The molecule has 4 nitrogen and oxygen atoms in total. The number of rotatable bonds is 2. The van der Waals surface area contributed by atoms with Crippen molar-refractivity contribution >= 4 is 21.9 Å². The summed E-state index contributed by atoms with van der Waals surface area (Å²) in [6, 6.07) is 42.4. The van der Waals surface area contributed by atoms with Crippen LogP contribution in [0.4, 0.5) is 0 Å². The van der Waals surface area contributed by atoms with Gasteiger partial charge in [-0.1, -0.05) is 84.3 Å². The van der Waals surface area contributed by atoms with Crippen LogP contribution >= 0.6 is 0 Å². The Balaban J connectivity index is 1.44. The molecule has 0 atom stereocenters. The molecule has 44 heavy (non-hydrogen) atoms. The van der Waals surface area contributed by atoms with Crippen molar-refractivity contribution in [1.82, 2.24) is 0 Å². The summed E-state index contributed by atoms with van der Waals surface area (Å²) in [6.07, 6.45) is 0. The first-order valence-electron chi connectivity index (χ1n) is 13.9. The van der Waals surface area contributed by atoms with E-state index in [1.165, 1.54) is 0 Å². The molecule has 2 heterocycles. The van der Waals surface area contributed by atoms with Crippen LogP contribution in [0.5, 0.6) is 0 Å². The minimum atomic E-state index is 0.585. The van der Waals surface area contributed by atoms with Gasteiger partial charge >= 0.3 is 0 Å². The molecule has 0 aliphatic heterocycles. The maximum atomic E-state index is 9.15. The van der Waals surface area contributed by atoms with E-state index in [2.05, 4.69) is 35.8 Å². The minimum absolute atomic E-state index is 0.585. The number of nitriles is 2. The summed E-state index contributed by atoms with van der Waals surface area (Å²) in [5.74, 6) is 14.5. The van der Waals surface area contributed by atoms with Crippen LogP contribution in [0, 0.1) is 46.3 Å². The van der Waals surface area contributed by atoms with E-state index < -0.39 is 0 Å². The fourth-order valence-electron chi connectivity index (χ4n) is 5.05. The third-order valence-corrected chi connectivity index (χ3v) is 7.26. The van der Waals surface area contributed by atoms with Crippen LogP contribution in [0.15, 0.2) is 130 Å². The largest absolute Gasteiger partial charge is 0.455 e. The molecule has 0 fully saturated rings. The second-order valence-electron chi connectivity index (χ2n) is 10.1. The van der Waals surface area contributed by atoms with Crippen LogP contribution in [0.1, 0.15) is 33.4 Å². The summed E-state index contributed by atoms with van der Waals surface area (Å²) >= 11 is 0. The van der Waals surface area contributed by atoms with Crippen LogP contribution in [-0.4, -0.2) is 0 Å². The van der Waals surface area contributed by atoms with Crippen molar-refractivity contribution in [3.8, 4) is 58.5 Å². The van der Waals surface area contributed by atoms with Gasteiger partial charge in [-0.15, -0.1) is 0 Å². The van der Waals surface area contributed by atoms with E-state index in [0.717, 1.165) is 44.2 Å². The van der Waals surface area contributed by atoms with E-state index in [1.807, 2.05) is 97.1 Å². The highest BCUT2D eigenvalue weighted by atomic mass is 16.3. The standard InChI is InChI=1S/C40H20N2O2/c41-25-29-15-11-27(12-16-29)19-21-33-35-23-38-36(24-37(35)43-39(33)31-7-3-1-4-8-31)34(40(44-38)32-9-5-2-6-10-32)22-20-28-13-17-30(26-42)18-14-28/h1-18,23-24H. The molecule has 0 unspecified atom stereocenters. The molecule has 0 aliphatic carbocycles. The minimum Gasteiger partial charge on any atom is -0.455 e. The molecule has 0 N–H and O–H groups in total. The number of fused-ring (bicyclic) bond motifs is 2. The fraction of sp³-hybridized carbons (Fsp3) is 0. The van der Waals surface area contributed by atoms with E-state index >= 15 is 0 Å². The molecule has 202 valence electrons. The van der Waals surface area contributed by atoms with Gasteiger partial charge in [-0.05, 0) is 60.7 Å². The predicted molar refractivity (Wildman–Crippen MR) is 171 cm³/mol.